The first-order valence-corrected chi connectivity index (χ1v) is 15.4. The van der Waals surface area contributed by atoms with Crippen LogP contribution in [0.25, 0.3) is 64.4 Å². The summed E-state index contributed by atoms with van der Waals surface area (Å²) in [6.45, 7) is 0. The van der Waals surface area contributed by atoms with E-state index in [4.69, 9.17) is 9.90 Å². The topological polar surface area (TPSA) is 16.4 Å². The Labute approximate surface area is 274 Å². The molecule has 9 aromatic rings. The summed E-state index contributed by atoms with van der Waals surface area (Å²) in [5.41, 5.74) is 5.09. The number of furan rings is 1. The van der Waals surface area contributed by atoms with Crippen molar-refractivity contribution in [3.05, 3.63) is 164 Å². The Balaban J connectivity index is 1.42. The average Bonchev–Trinajstić information content (AvgIpc) is 3.78. The second-order valence-electron chi connectivity index (χ2n) is 10.8. The van der Waals surface area contributed by atoms with Crippen LogP contribution < -0.4 is 4.90 Å². The van der Waals surface area contributed by atoms with Crippen molar-refractivity contribution in [1.29, 1.82) is 0 Å². The van der Waals surface area contributed by atoms with Gasteiger partial charge in [0.05, 0.1) is 20.0 Å². The van der Waals surface area contributed by atoms with Crippen molar-refractivity contribution in [2.24, 2.45) is 0 Å². The van der Waals surface area contributed by atoms with Crippen molar-refractivity contribution in [2.45, 2.75) is 0 Å². The number of anilines is 3. The second-order valence-corrected chi connectivity index (χ2v) is 11.8. The molecule has 45 heavy (non-hydrogen) atoms. The van der Waals surface area contributed by atoms with Crippen molar-refractivity contribution in [1.82, 2.24) is 0 Å². The fraction of sp³-hybridized carbons (Fsp3) is 0. The van der Waals surface area contributed by atoms with Gasteiger partial charge in [0, 0.05) is 49.2 Å². The SMILES string of the molecule is [2H]c1c([2H])c([2H])c2c(oc3c([2H])c(N(c4ccc(-c5ccccc5)cc4)c4c(-c5ccccc5)ccc5c4sc4ccccc45)c([2H])c([2H])c32)c1[2H]. The molecule has 0 aliphatic heterocycles. The lowest BCUT2D eigenvalue weighted by Gasteiger charge is -2.29. The highest BCUT2D eigenvalue weighted by molar-refractivity contribution is 7.26. The molecular weight excluding hydrogens is 567 g/mol. The molecule has 0 fully saturated rings. The van der Waals surface area contributed by atoms with Gasteiger partial charge >= 0.3 is 0 Å². The Kier molecular flexibility index (Phi) is 4.58. The number of hydrogen-bond acceptors (Lipinski definition) is 3. The van der Waals surface area contributed by atoms with Crippen LogP contribution >= 0.6 is 11.3 Å². The molecule has 2 aromatic heterocycles. The maximum Gasteiger partial charge on any atom is 0.137 e. The molecule has 0 radical (unpaired) electrons. The zero-order valence-electron chi connectivity index (χ0n) is 30.8. The highest BCUT2D eigenvalue weighted by Crippen LogP contribution is 2.50. The largest absolute Gasteiger partial charge is 0.456 e. The average molecular weight is 601 g/mol. The van der Waals surface area contributed by atoms with Gasteiger partial charge in [-0.2, -0.15) is 0 Å². The summed E-state index contributed by atoms with van der Waals surface area (Å²) in [5.74, 6) is 0. The Bertz CT molecular complexity index is 2870. The van der Waals surface area contributed by atoms with Gasteiger partial charge in [-0.15, -0.1) is 11.3 Å². The summed E-state index contributed by atoms with van der Waals surface area (Å²) in [6, 6.07) is 37.8. The number of nitrogens with zero attached hydrogens (tertiary/aromatic N) is 1. The van der Waals surface area contributed by atoms with E-state index in [-0.39, 0.29) is 51.8 Å². The van der Waals surface area contributed by atoms with Gasteiger partial charge in [0.1, 0.15) is 11.2 Å². The van der Waals surface area contributed by atoms with Crippen LogP contribution in [0.1, 0.15) is 9.60 Å². The summed E-state index contributed by atoms with van der Waals surface area (Å²) in [4.78, 5) is 1.87. The summed E-state index contributed by atoms with van der Waals surface area (Å²) >= 11 is 1.62. The minimum atomic E-state index is -0.468. The molecular formula is C42H27NOS. The monoisotopic (exact) mass is 600 g/mol. The Morgan fingerprint density at radius 2 is 1.20 bits per heavy atom. The minimum Gasteiger partial charge on any atom is -0.456 e. The predicted octanol–water partition coefficient (Wildman–Crippen LogP) is 12.8. The first-order valence-electron chi connectivity index (χ1n) is 18.1. The van der Waals surface area contributed by atoms with E-state index < -0.39 is 18.1 Å². The van der Waals surface area contributed by atoms with Crippen LogP contribution in [0.15, 0.2) is 168 Å². The van der Waals surface area contributed by atoms with Gasteiger partial charge in [-0.25, -0.2) is 0 Å². The lowest BCUT2D eigenvalue weighted by Crippen LogP contribution is -2.11. The Morgan fingerprint density at radius 1 is 0.511 bits per heavy atom. The summed E-state index contributed by atoms with van der Waals surface area (Å²) < 4.78 is 70.5. The van der Waals surface area contributed by atoms with Crippen LogP contribution in [0.5, 0.6) is 0 Å². The molecule has 2 nitrogen and oxygen atoms in total. The molecule has 0 N–H and O–H groups in total. The lowest BCUT2D eigenvalue weighted by atomic mass is 9.99. The second kappa shape index (κ2) is 10.5. The zero-order chi connectivity index (χ0) is 35.8. The molecule has 9 rings (SSSR count). The minimum absolute atomic E-state index is 0.00473. The van der Waals surface area contributed by atoms with Crippen molar-refractivity contribution in [2.75, 3.05) is 4.90 Å². The third kappa shape index (κ3) is 4.32. The van der Waals surface area contributed by atoms with Gasteiger partial charge in [0.25, 0.3) is 0 Å². The smallest absolute Gasteiger partial charge is 0.137 e. The number of fused-ring (bicyclic) bond motifs is 6. The number of thiophene rings is 1. The van der Waals surface area contributed by atoms with Crippen molar-refractivity contribution < 1.29 is 14.0 Å². The number of rotatable bonds is 5. The normalized spacial score (nSPS) is 13.7. The van der Waals surface area contributed by atoms with E-state index in [1.807, 2.05) is 102 Å². The van der Waals surface area contributed by atoms with Crippen LogP contribution in [-0.2, 0) is 0 Å². The molecule has 0 unspecified atom stereocenters. The van der Waals surface area contributed by atoms with Crippen LogP contribution in [0.3, 0.4) is 0 Å². The van der Waals surface area contributed by atoms with Gasteiger partial charge in [-0.3, -0.25) is 0 Å². The molecule has 0 saturated carbocycles. The first-order chi connectivity index (χ1) is 25.2. The molecule has 0 aliphatic rings. The summed E-state index contributed by atoms with van der Waals surface area (Å²) in [6.07, 6.45) is 0. The van der Waals surface area contributed by atoms with Gasteiger partial charge in [-0.1, -0.05) is 121 Å². The standard InChI is InChI=1S/C42H27NOS/c1-3-11-28(12-4-1)29-19-21-31(22-20-29)43(32-23-24-35-34-15-7-9-17-38(34)44-39(35)27-32)41-33(30-13-5-2-6-14-30)25-26-37-36-16-8-10-18-40(36)45-42(37)41/h1-27H/i7D,9D,15D,17D,23D,24D,27D. The molecule has 7 aromatic carbocycles. The van der Waals surface area contributed by atoms with Gasteiger partial charge in [-0.05, 0) is 53.0 Å². The van der Waals surface area contributed by atoms with E-state index >= 15 is 0 Å². The fourth-order valence-electron chi connectivity index (χ4n) is 6.05. The first kappa shape index (κ1) is 19.6. The molecule has 0 atom stereocenters. The van der Waals surface area contributed by atoms with E-state index in [1.54, 1.807) is 11.3 Å². The molecule has 0 spiro atoms. The molecule has 0 amide bonds. The summed E-state index contributed by atoms with van der Waals surface area (Å²) in [5, 5.41) is 2.11. The lowest BCUT2D eigenvalue weighted by molar-refractivity contribution is 0.669. The molecule has 2 heterocycles. The molecule has 0 aliphatic carbocycles. The van der Waals surface area contributed by atoms with Gasteiger partial charge < -0.3 is 9.32 Å². The number of benzene rings is 7. The zero-order valence-corrected chi connectivity index (χ0v) is 24.6. The molecule has 212 valence electrons. The van der Waals surface area contributed by atoms with Crippen molar-refractivity contribution >= 4 is 70.5 Å². The van der Waals surface area contributed by atoms with E-state index in [2.05, 4.69) is 24.3 Å². The van der Waals surface area contributed by atoms with Crippen LogP contribution in [0.2, 0.25) is 0 Å². The summed E-state index contributed by atoms with van der Waals surface area (Å²) in [7, 11) is 0. The van der Waals surface area contributed by atoms with Crippen molar-refractivity contribution in [3.63, 3.8) is 0 Å². The van der Waals surface area contributed by atoms with E-state index in [0.29, 0.717) is 5.69 Å². The third-order valence-electron chi connectivity index (χ3n) is 8.16. The van der Waals surface area contributed by atoms with E-state index in [1.165, 1.54) is 0 Å². The molecule has 0 saturated heterocycles. The van der Waals surface area contributed by atoms with Gasteiger partial charge in [0.15, 0.2) is 0 Å². The van der Waals surface area contributed by atoms with Crippen LogP contribution in [0, 0.1) is 0 Å². The van der Waals surface area contributed by atoms with Crippen LogP contribution in [-0.4, -0.2) is 0 Å². The van der Waals surface area contributed by atoms with E-state index in [9.17, 15) is 4.11 Å². The number of para-hydroxylation sites is 1. The quantitative estimate of drug-likeness (QED) is 0.195. The highest BCUT2D eigenvalue weighted by atomic mass is 32.1. The van der Waals surface area contributed by atoms with Crippen LogP contribution in [0.4, 0.5) is 17.1 Å². The predicted molar refractivity (Wildman–Crippen MR) is 192 cm³/mol. The maximum absolute atomic E-state index is 9.70. The Hall–Kier alpha value is -5.64. The van der Waals surface area contributed by atoms with Gasteiger partial charge in [0.2, 0.25) is 0 Å². The molecule has 0 bridgehead atoms. The highest BCUT2D eigenvalue weighted by Gasteiger charge is 2.23. The third-order valence-corrected chi connectivity index (χ3v) is 9.35. The molecule has 3 heteroatoms. The van der Waals surface area contributed by atoms with Crippen molar-refractivity contribution in [3.8, 4) is 22.3 Å². The Morgan fingerprint density at radius 3 is 2.02 bits per heavy atom. The fourth-order valence-corrected chi connectivity index (χ4v) is 7.29. The van der Waals surface area contributed by atoms with E-state index in [0.717, 1.165) is 48.1 Å². The maximum atomic E-state index is 9.70. The number of hydrogen-bond donors (Lipinski definition) is 0.